The molecule has 2 rings (SSSR count). The third kappa shape index (κ3) is 7.32. The van der Waals surface area contributed by atoms with Gasteiger partial charge in [-0.1, -0.05) is 18.2 Å². The molecule has 1 atom stereocenters. The molecule has 0 radical (unpaired) electrons. The molecule has 0 aromatic heterocycles. The zero-order valence-electron chi connectivity index (χ0n) is 15.4. The van der Waals surface area contributed by atoms with Crippen molar-refractivity contribution in [3.05, 3.63) is 29.8 Å². The van der Waals surface area contributed by atoms with Gasteiger partial charge in [-0.3, -0.25) is 4.99 Å². The number of nitrogens with one attached hydrogen (secondary N) is 2. The van der Waals surface area contributed by atoms with Crippen LogP contribution in [0.5, 0.6) is 5.75 Å². The van der Waals surface area contributed by atoms with Crippen LogP contribution in [-0.2, 0) is 15.9 Å². The van der Waals surface area contributed by atoms with Crippen LogP contribution in [-0.4, -0.2) is 59.1 Å². The summed E-state index contributed by atoms with van der Waals surface area (Å²) in [6.45, 7) is 3.97. The number of nitrogens with zero attached hydrogens (tertiary/aromatic N) is 1. The molecular weight excluding hydrogens is 318 g/mol. The van der Waals surface area contributed by atoms with Gasteiger partial charge in [0.25, 0.3) is 0 Å². The summed E-state index contributed by atoms with van der Waals surface area (Å²) in [5, 5.41) is 6.64. The highest BCUT2D eigenvalue weighted by atomic mass is 16.5. The first-order valence-corrected chi connectivity index (χ1v) is 9.09. The Kier molecular flexibility index (Phi) is 9.15. The van der Waals surface area contributed by atoms with E-state index in [1.165, 1.54) is 5.56 Å². The molecule has 0 amide bonds. The van der Waals surface area contributed by atoms with Crippen LogP contribution < -0.4 is 15.4 Å². The molecule has 140 valence electrons. The van der Waals surface area contributed by atoms with Crippen LogP contribution in [0.3, 0.4) is 0 Å². The monoisotopic (exact) mass is 349 g/mol. The van der Waals surface area contributed by atoms with E-state index in [0.717, 1.165) is 63.7 Å². The first kappa shape index (κ1) is 19.5. The van der Waals surface area contributed by atoms with Gasteiger partial charge >= 0.3 is 0 Å². The van der Waals surface area contributed by atoms with Gasteiger partial charge in [0.05, 0.1) is 19.8 Å². The van der Waals surface area contributed by atoms with Crippen molar-refractivity contribution >= 4 is 5.96 Å². The zero-order chi connectivity index (χ0) is 17.7. The Morgan fingerprint density at radius 2 is 2.12 bits per heavy atom. The van der Waals surface area contributed by atoms with E-state index in [1.807, 2.05) is 18.2 Å². The van der Waals surface area contributed by atoms with Crippen molar-refractivity contribution in [2.75, 3.05) is 47.1 Å². The average molecular weight is 349 g/mol. The predicted molar refractivity (Wildman–Crippen MR) is 100 cm³/mol. The lowest BCUT2D eigenvalue weighted by molar-refractivity contribution is 0.0168. The van der Waals surface area contributed by atoms with E-state index in [9.17, 15) is 0 Å². The Morgan fingerprint density at radius 1 is 1.28 bits per heavy atom. The summed E-state index contributed by atoms with van der Waals surface area (Å²) < 4.78 is 16.6. The van der Waals surface area contributed by atoms with E-state index >= 15 is 0 Å². The van der Waals surface area contributed by atoms with Gasteiger partial charge < -0.3 is 24.8 Å². The van der Waals surface area contributed by atoms with E-state index < -0.39 is 0 Å². The zero-order valence-corrected chi connectivity index (χ0v) is 15.4. The number of rotatable bonds is 10. The van der Waals surface area contributed by atoms with Gasteiger partial charge in [0.2, 0.25) is 0 Å². The van der Waals surface area contributed by atoms with Crippen molar-refractivity contribution in [2.45, 2.75) is 31.8 Å². The molecular formula is C19H31N3O3. The molecule has 0 saturated carbocycles. The maximum absolute atomic E-state index is 5.66. The molecule has 1 aromatic carbocycles. The van der Waals surface area contributed by atoms with Gasteiger partial charge in [-0.05, 0) is 37.3 Å². The Labute approximate surface area is 151 Å². The maximum atomic E-state index is 5.66. The van der Waals surface area contributed by atoms with Crippen LogP contribution >= 0.6 is 0 Å². The highest BCUT2D eigenvalue weighted by molar-refractivity contribution is 5.79. The molecule has 1 aromatic rings. The summed E-state index contributed by atoms with van der Waals surface area (Å²) in [5.74, 6) is 1.74. The minimum absolute atomic E-state index is 0.303. The van der Waals surface area contributed by atoms with Crippen LogP contribution in [0.1, 0.15) is 24.8 Å². The number of ether oxygens (including phenoxy) is 3. The molecule has 0 spiro atoms. The van der Waals surface area contributed by atoms with Crippen molar-refractivity contribution in [3.8, 4) is 5.75 Å². The van der Waals surface area contributed by atoms with E-state index in [4.69, 9.17) is 14.2 Å². The summed E-state index contributed by atoms with van der Waals surface area (Å²) in [7, 11) is 3.49. The normalized spacial score (nSPS) is 17.5. The highest BCUT2D eigenvalue weighted by Crippen LogP contribution is 2.17. The second-order valence-corrected chi connectivity index (χ2v) is 6.05. The van der Waals surface area contributed by atoms with Gasteiger partial charge in [0.1, 0.15) is 5.75 Å². The molecule has 1 aliphatic heterocycles. The number of benzene rings is 1. The van der Waals surface area contributed by atoms with Crippen molar-refractivity contribution in [3.63, 3.8) is 0 Å². The topological polar surface area (TPSA) is 64.1 Å². The molecule has 1 heterocycles. The van der Waals surface area contributed by atoms with E-state index in [-0.39, 0.29) is 0 Å². The quantitative estimate of drug-likeness (QED) is 0.384. The number of hydrogen-bond acceptors (Lipinski definition) is 4. The Balaban J connectivity index is 1.54. The first-order valence-electron chi connectivity index (χ1n) is 9.09. The Morgan fingerprint density at radius 3 is 2.88 bits per heavy atom. The molecule has 6 nitrogen and oxygen atoms in total. The molecule has 0 aliphatic carbocycles. The van der Waals surface area contributed by atoms with Gasteiger partial charge in [0, 0.05) is 33.4 Å². The maximum Gasteiger partial charge on any atom is 0.190 e. The van der Waals surface area contributed by atoms with Crippen LogP contribution in [0.4, 0.5) is 0 Å². The highest BCUT2D eigenvalue weighted by Gasteiger charge is 2.14. The molecule has 25 heavy (non-hydrogen) atoms. The van der Waals surface area contributed by atoms with Crippen molar-refractivity contribution in [1.82, 2.24) is 10.6 Å². The standard InChI is InChI=1S/C19H31N3O3/c1-20-19(21-11-6-13-24-15-17-8-5-14-25-17)22-12-10-16-7-3-4-9-18(16)23-2/h3-4,7,9,17H,5-6,8,10-15H2,1-2H3,(H2,20,21,22). The average Bonchev–Trinajstić information content (AvgIpc) is 3.16. The van der Waals surface area contributed by atoms with E-state index in [2.05, 4.69) is 21.7 Å². The van der Waals surface area contributed by atoms with Crippen molar-refractivity contribution in [2.24, 2.45) is 4.99 Å². The second kappa shape index (κ2) is 11.7. The fraction of sp³-hybridized carbons (Fsp3) is 0.632. The lowest BCUT2D eigenvalue weighted by Gasteiger charge is -2.13. The van der Waals surface area contributed by atoms with Crippen molar-refractivity contribution < 1.29 is 14.2 Å². The van der Waals surface area contributed by atoms with Gasteiger partial charge in [-0.25, -0.2) is 0 Å². The van der Waals surface area contributed by atoms with Crippen LogP contribution in [0, 0.1) is 0 Å². The molecule has 2 N–H and O–H groups in total. The molecule has 1 saturated heterocycles. The van der Waals surface area contributed by atoms with E-state index in [1.54, 1.807) is 14.2 Å². The lowest BCUT2D eigenvalue weighted by atomic mass is 10.1. The molecule has 0 bridgehead atoms. The number of hydrogen-bond donors (Lipinski definition) is 2. The number of aliphatic imine (C=N–C) groups is 1. The second-order valence-electron chi connectivity index (χ2n) is 6.05. The SMILES string of the molecule is CN=C(NCCCOCC1CCCO1)NCCc1ccccc1OC. The number of methoxy groups -OCH3 is 1. The van der Waals surface area contributed by atoms with Crippen molar-refractivity contribution in [1.29, 1.82) is 0 Å². The summed E-state index contributed by atoms with van der Waals surface area (Å²) in [5.41, 5.74) is 1.19. The number of guanidine groups is 1. The van der Waals surface area contributed by atoms with Gasteiger partial charge in [-0.2, -0.15) is 0 Å². The third-order valence-corrected chi connectivity index (χ3v) is 4.19. The van der Waals surface area contributed by atoms with Crippen LogP contribution in [0.2, 0.25) is 0 Å². The van der Waals surface area contributed by atoms with Crippen LogP contribution in [0.15, 0.2) is 29.3 Å². The smallest absolute Gasteiger partial charge is 0.190 e. The minimum Gasteiger partial charge on any atom is -0.496 e. The van der Waals surface area contributed by atoms with Crippen LogP contribution in [0.25, 0.3) is 0 Å². The third-order valence-electron chi connectivity index (χ3n) is 4.19. The molecule has 6 heteroatoms. The number of para-hydroxylation sites is 1. The van der Waals surface area contributed by atoms with Gasteiger partial charge in [0.15, 0.2) is 5.96 Å². The largest absolute Gasteiger partial charge is 0.496 e. The fourth-order valence-corrected chi connectivity index (χ4v) is 2.82. The van der Waals surface area contributed by atoms with Gasteiger partial charge in [-0.15, -0.1) is 0 Å². The summed E-state index contributed by atoms with van der Waals surface area (Å²) in [6.07, 6.45) is 4.42. The Bertz CT molecular complexity index is 516. The molecule has 1 unspecified atom stereocenters. The predicted octanol–water partition coefficient (Wildman–Crippen LogP) is 1.99. The molecule has 1 fully saturated rings. The lowest BCUT2D eigenvalue weighted by Crippen LogP contribution is -2.39. The molecule has 1 aliphatic rings. The first-order chi connectivity index (χ1) is 12.3. The summed E-state index contributed by atoms with van der Waals surface area (Å²) >= 11 is 0. The summed E-state index contributed by atoms with van der Waals surface area (Å²) in [4.78, 5) is 4.24. The Hall–Kier alpha value is -1.79. The minimum atomic E-state index is 0.303. The fourth-order valence-electron chi connectivity index (χ4n) is 2.82. The summed E-state index contributed by atoms with van der Waals surface area (Å²) in [6, 6.07) is 8.08. The van der Waals surface area contributed by atoms with E-state index in [0.29, 0.717) is 12.7 Å².